The van der Waals surface area contributed by atoms with E-state index in [1.165, 1.54) is 24.8 Å². The maximum atomic E-state index is 12.0. The van der Waals surface area contributed by atoms with Gasteiger partial charge in [0.2, 0.25) is 6.79 Å². The molecule has 30 heavy (non-hydrogen) atoms. The molecule has 0 spiro atoms. The number of hydrogen-bond acceptors (Lipinski definition) is 5. The third kappa shape index (κ3) is 3.83. The number of nitrogens with zero attached hydrogens (tertiary/aromatic N) is 1. The number of hydrogen-bond donors (Lipinski definition) is 2. The Labute approximate surface area is 178 Å². The standard InChI is InChI=1S/C22H34NO6P/c1-14(23-28-13-29-30(25,26)27)18-6-7-19-17-5-4-15-12-16(24)8-10-21(15,2)20(17)9-11-22(18,19)3/h12,17-20H,4-11,13H2,1-3H3,(H2,25,26,27)/b23-14+/t17-,18-,19-,20-,21-,22+/m0/s1. The van der Waals surface area contributed by atoms with Crippen LogP contribution in [0.25, 0.3) is 0 Å². The van der Waals surface area contributed by atoms with Gasteiger partial charge in [-0.1, -0.05) is 24.6 Å². The second-order valence-corrected chi connectivity index (χ2v) is 11.5. The third-order valence-corrected chi connectivity index (χ3v) is 9.39. The van der Waals surface area contributed by atoms with Crippen molar-refractivity contribution in [3.8, 4) is 0 Å². The fourth-order valence-electron chi connectivity index (χ4n) is 7.53. The minimum absolute atomic E-state index is 0.171. The quantitative estimate of drug-likeness (QED) is 0.213. The van der Waals surface area contributed by atoms with Crippen molar-refractivity contribution >= 4 is 19.3 Å². The molecule has 0 aliphatic heterocycles. The molecule has 7 nitrogen and oxygen atoms in total. The molecule has 8 heteroatoms. The smallest absolute Gasteiger partial charge is 0.367 e. The first-order valence-electron chi connectivity index (χ1n) is 11.1. The molecule has 0 aromatic carbocycles. The van der Waals surface area contributed by atoms with E-state index in [2.05, 4.69) is 23.5 Å². The molecule has 3 fully saturated rings. The van der Waals surface area contributed by atoms with Crippen molar-refractivity contribution in [2.24, 2.45) is 39.7 Å². The van der Waals surface area contributed by atoms with E-state index in [0.717, 1.165) is 31.4 Å². The predicted octanol–water partition coefficient (Wildman–Crippen LogP) is 4.59. The van der Waals surface area contributed by atoms with E-state index in [1.54, 1.807) is 0 Å². The normalized spacial score (nSPS) is 41.6. The Morgan fingerprint density at radius 2 is 1.93 bits per heavy atom. The van der Waals surface area contributed by atoms with Crippen LogP contribution in [0.4, 0.5) is 0 Å². The highest BCUT2D eigenvalue weighted by Crippen LogP contribution is 2.66. The van der Waals surface area contributed by atoms with Crippen molar-refractivity contribution in [3.63, 3.8) is 0 Å². The van der Waals surface area contributed by atoms with E-state index in [0.29, 0.717) is 35.9 Å². The lowest BCUT2D eigenvalue weighted by molar-refractivity contribution is -0.117. The van der Waals surface area contributed by atoms with Crippen LogP contribution < -0.4 is 0 Å². The van der Waals surface area contributed by atoms with Gasteiger partial charge in [0.15, 0.2) is 5.78 Å². The second kappa shape index (κ2) is 7.84. The summed E-state index contributed by atoms with van der Waals surface area (Å²) >= 11 is 0. The number of carbonyl (C=O) groups excluding carboxylic acids is 1. The summed E-state index contributed by atoms with van der Waals surface area (Å²) in [5.41, 5.74) is 2.64. The summed E-state index contributed by atoms with van der Waals surface area (Å²) in [5.74, 6) is 2.62. The molecule has 0 saturated heterocycles. The fraction of sp³-hybridized carbons (Fsp3) is 0.818. The molecular weight excluding hydrogens is 405 g/mol. The largest absolute Gasteiger partial charge is 0.472 e. The summed E-state index contributed by atoms with van der Waals surface area (Å²) < 4.78 is 15.1. The Morgan fingerprint density at radius 3 is 2.67 bits per heavy atom. The molecule has 6 atom stereocenters. The highest BCUT2D eigenvalue weighted by molar-refractivity contribution is 7.46. The molecule has 0 heterocycles. The Hall–Kier alpha value is -1.01. The zero-order chi connectivity index (χ0) is 21.7. The molecule has 0 unspecified atom stereocenters. The minimum atomic E-state index is -4.55. The zero-order valence-electron chi connectivity index (χ0n) is 18.2. The van der Waals surface area contributed by atoms with E-state index >= 15 is 0 Å². The average Bonchev–Trinajstić information content (AvgIpc) is 3.02. The number of rotatable bonds is 5. The lowest BCUT2D eigenvalue weighted by Crippen LogP contribution is -2.51. The second-order valence-electron chi connectivity index (χ2n) is 10.2. The van der Waals surface area contributed by atoms with Gasteiger partial charge in [-0.25, -0.2) is 9.09 Å². The zero-order valence-corrected chi connectivity index (χ0v) is 19.1. The molecule has 0 bridgehead atoms. The third-order valence-electron chi connectivity index (χ3n) is 8.95. The lowest BCUT2D eigenvalue weighted by Gasteiger charge is -2.58. The van der Waals surface area contributed by atoms with Crippen LogP contribution in [0.15, 0.2) is 16.8 Å². The SMILES string of the molecule is C/C(=N\OCOP(=O)(O)O)[C@@H]1CC[C@H]2[C@@H]3CCC4=CC(=O)CC[C@]4(C)[C@H]3CC[C@]12C. The van der Waals surface area contributed by atoms with Gasteiger partial charge in [-0.05, 0) is 86.5 Å². The summed E-state index contributed by atoms with van der Waals surface area (Å²) in [6.07, 6.45) is 10.5. The van der Waals surface area contributed by atoms with Crippen molar-refractivity contribution in [1.82, 2.24) is 0 Å². The van der Waals surface area contributed by atoms with Crippen LogP contribution in [-0.2, 0) is 18.7 Å². The van der Waals surface area contributed by atoms with Crippen molar-refractivity contribution in [1.29, 1.82) is 0 Å². The topological polar surface area (TPSA) is 105 Å². The molecule has 3 saturated carbocycles. The van der Waals surface area contributed by atoms with Crippen LogP contribution in [0.3, 0.4) is 0 Å². The molecular formula is C22H34NO6P. The van der Waals surface area contributed by atoms with Gasteiger partial charge in [0, 0.05) is 12.3 Å². The Balaban J connectivity index is 1.48. The summed E-state index contributed by atoms with van der Waals surface area (Å²) in [7, 11) is -4.55. The molecule has 4 aliphatic carbocycles. The molecule has 0 aromatic rings. The highest BCUT2D eigenvalue weighted by Gasteiger charge is 2.59. The van der Waals surface area contributed by atoms with Gasteiger partial charge < -0.3 is 14.6 Å². The van der Waals surface area contributed by atoms with Crippen LogP contribution in [0.1, 0.15) is 72.1 Å². The van der Waals surface area contributed by atoms with Crippen LogP contribution in [-0.4, -0.2) is 28.1 Å². The van der Waals surface area contributed by atoms with Gasteiger partial charge in [-0.3, -0.25) is 4.79 Å². The monoisotopic (exact) mass is 439 g/mol. The van der Waals surface area contributed by atoms with E-state index in [-0.39, 0.29) is 10.8 Å². The van der Waals surface area contributed by atoms with Crippen LogP contribution in [0.2, 0.25) is 0 Å². The van der Waals surface area contributed by atoms with Crippen LogP contribution >= 0.6 is 7.82 Å². The van der Waals surface area contributed by atoms with Gasteiger partial charge in [0.25, 0.3) is 0 Å². The highest BCUT2D eigenvalue weighted by atomic mass is 31.2. The number of ketones is 1. The molecule has 0 amide bonds. The van der Waals surface area contributed by atoms with Crippen molar-refractivity contribution < 1.29 is 28.5 Å². The Bertz CT molecular complexity index is 818. The number of fused-ring (bicyclic) bond motifs is 5. The lowest BCUT2D eigenvalue weighted by atomic mass is 9.46. The summed E-state index contributed by atoms with van der Waals surface area (Å²) in [6, 6.07) is 0. The summed E-state index contributed by atoms with van der Waals surface area (Å²) in [5, 5.41) is 4.14. The van der Waals surface area contributed by atoms with E-state index < -0.39 is 14.6 Å². The number of carbonyl (C=O) groups is 1. The molecule has 0 radical (unpaired) electrons. The summed E-state index contributed by atoms with van der Waals surface area (Å²) in [4.78, 5) is 34.5. The van der Waals surface area contributed by atoms with Gasteiger partial charge >= 0.3 is 7.82 Å². The van der Waals surface area contributed by atoms with Crippen LogP contribution in [0.5, 0.6) is 0 Å². The van der Waals surface area contributed by atoms with E-state index in [9.17, 15) is 9.36 Å². The number of phosphoric ester groups is 1. The van der Waals surface area contributed by atoms with Gasteiger partial charge in [-0.2, -0.15) is 0 Å². The fourth-order valence-corrected chi connectivity index (χ4v) is 7.71. The Kier molecular flexibility index (Phi) is 5.80. The first-order chi connectivity index (χ1) is 14.0. The van der Waals surface area contributed by atoms with E-state index in [1.807, 2.05) is 13.0 Å². The molecule has 168 valence electrons. The Morgan fingerprint density at radius 1 is 1.17 bits per heavy atom. The number of oxime groups is 1. The van der Waals surface area contributed by atoms with Gasteiger partial charge in [0.05, 0.1) is 5.71 Å². The minimum Gasteiger partial charge on any atom is -0.367 e. The first-order valence-corrected chi connectivity index (χ1v) is 12.7. The predicted molar refractivity (Wildman–Crippen MR) is 112 cm³/mol. The summed E-state index contributed by atoms with van der Waals surface area (Å²) in [6.45, 7) is 6.20. The van der Waals surface area contributed by atoms with E-state index in [4.69, 9.17) is 14.6 Å². The van der Waals surface area contributed by atoms with Crippen molar-refractivity contribution in [2.75, 3.05) is 6.79 Å². The maximum Gasteiger partial charge on any atom is 0.472 e. The number of allylic oxidation sites excluding steroid dienone is 1. The van der Waals surface area contributed by atoms with Crippen molar-refractivity contribution in [3.05, 3.63) is 11.6 Å². The van der Waals surface area contributed by atoms with Gasteiger partial charge in [0.1, 0.15) is 0 Å². The molecule has 0 aromatic heterocycles. The van der Waals surface area contributed by atoms with Crippen LogP contribution in [0, 0.1) is 34.5 Å². The van der Waals surface area contributed by atoms with Crippen molar-refractivity contribution in [2.45, 2.75) is 72.1 Å². The maximum absolute atomic E-state index is 12.0. The average molecular weight is 439 g/mol. The number of phosphoric acid groups is 1. The first kappa shape index (κ1) is 22.2. The van der Waals surface area contributed by atoms with Gasteiger partial charge in [-0.15, -0.1) is 0 Å². The molecule has 4 aliphatic rings. The molecule has 4 rings (SSSR count). The molecule has 2 N–H and O–H groups in total.